The van der Waals surface area contributed by atoms with Crippen molar-refractivity contribution in [2.45, 2.75) is 50.7 Å². The molecular weight excluding hydrogens is 312 g/mol. The van der Waals surface area contributed by atoms with Gasteiger partial charge < -0.3 is 4.74 Å². The van der Waals surface area contributed by atoms with Crippen LogP contribution >= 0.6 is 0 Å². The Morgan fingerprint density at radius 1 is 1.12 bits per heavy atom. The Balaban J connectivity index is 1.48. The van der Waals surface area contributed by atoms with E-state index in [4.69, 9.17) is 4.74 Å². The highest BCUT2D eigenvalue weighted by Gasteiger charge is 2.44. The Morgan fingerprint density at radius 3 is 2.50 bits per heavy atom. The number of ketones is 1. The number of alkyl halides is 2. The molecule has 132 valence electrons. The lowest BCUT2D eigenvalue weighted by Crippen LogP contribution is -2.49. The molecule has 1 saturated heterocycles. The van der Waals surface area contributed by atoms with Crippen molar-refractivity contribution in [3.63, 3.8) is 0 Å². The van der Waals surface area contributed by atoms with E-state index in [-0.39, 0.29) is 25.0 Å². The fourth-order valence-corrected chi connectivity index (χ4v) is 3.57. The maximum absolute atomic E-state index is 14.5. The van der Waals surface area contributed by atoms with E-state index in [2.05, 4.69) is 0 Å². The molecule has 0 radical (unpaired) electrons. The summed E-state index contributed by atoms with van der Waals surface area (Å²) >= 11 is 0. The lowest BCUT2D eigenvalue weighted by molar-refractivity contribution is -0.145. The second-order valence-electron chi connectivity index (χ2n) is 7.01. The van der Waals surface area contributed by atoms with Crippen LogP contribution in [0.1, 0.15) is 37.7 Å². The SMILES string of the molecule is O=C1CCC(OCC2CCN(Cc3ccccc3)CC2(F)F)CC1. The molecule has 0 aromatic heterocycles. The molecule has 0 spiro atoms. The van der Waals surface area contributed by atoms with Crippen molar-refractivity contribution in [3.8, 4) is 0 Å². The zero-order chi connectivity index (χ0) is 17.0. The van der Waals surface area contributed by atoms with Gasteiger partial charge in [0.15, 0.2) is 0 Å². The summed E-state index contributed by atoms with van der Waals surface area (Å²) in [6.45, 7) is 1.13. The topological polar surface area (TPSA) is 29.5 Å². The number of benzene rings is 1. The number of hydrogen-bond acceptors (Lipinski definition) is 3. The first-order valence-corrected chi connectivity index (χ1v) is 8.80. The molecule has 1 saturated carbocycles. The fraction of sp³-hybridized carbons (Fsp3) is 0.632. The van der Waals surface area contributed by atoms with Crippen molar-refractivity contribution in [2.75, 3.05) is 19.7 Å². The van der Waals surface area contributed by atoms with Gasteiger partial charge in [0.2, 0.25) is 0 Å². The van der Waals surface area contributed by atoms with Crippen LogP contribution in [0.5, 0.6) is 0 Å². The van der Waals surface area contributed by atoms with Crippen LogP contribution in [0.3, 0.4) is 0 Å². The van der Waals surface area contributed by atoms with Crippen LogP contribution in [0.2, 0.25) is 0 Å². The van der Waals surface area contributed by atoms with Crippen LogP contribution in [-0.2, 0) is 16.1 Å². The zero-order valence-corrected chi connectivity index (χ0v) is 13.9. The number of piperidine rings is 1. The van der Waals surface area contributed by atoms with Crippen molar-refractivity contribution in [1.82, 2.24) is 4.90 Å². The van der Waals surface area contributed by atoms with Gasteiger partial charge in [0.25, 0.3) is 5.92 Å². The molecule has 3 nitrogen and oxygen atoms in total. The monoisotopic (exact) mass is 337 g/mol. The second kappa shape index (κ2) is 7.70. The van der Waals surface area contributed by atoms with Gasteiger partial charge in [0.05, 0.1) is 19.3 Å². The van der Waals surface area contributed by atoms with E-state index in [1.807, 2.05) is 35.2 Å². The average Bonchev–Trinajstić information content (AvgIpc) is 2.56. The summed E-state index contributed by atoms with van der Waals surface area (Å²) in [6, 6.07) is 9.74. The summed E-state index contributed by atoms with van der Waals surface area (Å²) in [4.78, 5) is 13.0. The zero-order valence-electron chi connectivity index (χ0n) is 13.9. The van der Waals surface area contributed by atoms with E-state index >= 15 is 0 Å². The number of halogens is 2. The molecule has 1 unspecified atom stereocenters. The number of Topliss-reactive ketones (excluding diaryl/α,β-unsaturated/α-hetero) is 1. The lowest BCUT2D eigenvalue weighted by atomic mass is 9.92. The highest BCUT2D eigenvalue weighted by molar-refractivity contribution is 5.79. The molecule has 0 amide bonds. The molecule has 1 atom stereocenters. The molecule has 0 N–H and O–H groups in total. The molecule has 3 rings (SSSR count). The Kier molecular flexibility index (Phi) is 5.61. The third-order valence-electron chi connectivity index (χ3n) is 5.10. The van der Waals surface area contributed by atoms with Crippen LogP contribution < -0.4 is 0 Å². The molecule has 1 heterocycles. The first kappa shape index (κ1) is 17.5. The predicted molar refractivity (Wildman–Crippen MR) is 88.0 cm³/mol. The minimum atomic E-state index is -2.72. The van der Waals surface area contributed by atoms with E-state index in [0.29, 0.717) is 45.2 Å². The van der Waals surface area contributed by atoms with E-state index in [1.165, 1.54) is 0 Å². The smallest absolute Gasteiger partial charge is 0.265 e. The molecular formula is C19H25F2NO2. The summed E-state index contributed by atoms with van der Waals surface area (Å²) in [5.74, 6) is -3.19. The first-order valence-electron chi connectivity index (χ1n) is 8.80. The second-order valence-corrected chi connectivity index (χ2v) is 7.01. The lowest BCUT2D eigenvalue weighted by Gasteiger charge is -2.39. The Labute approximate surface area is 142 Å². The number of rotatable bonds is 5. The highest BCUT2D eigenvalue weighted by Crippen LogP contribution is 2.34. The minimum absolute atomic E-state index is 0.0270. The molecule has 2 aliphatic rings. The van der Waals surface area contributed by atoms with Gasteiger partial charge in [-0.25, -0.2) is 8.78 Å². The van der Waals surface area contributed by atoms with Crippen LogP contribution in [0.25, 0.3) is 0 Å². The van der Waals surface area contributed by atoms with Gasteiger partial charge in [-0.3, -0.25) is 9.69 Å². The summed E-state index contributed by atoms with van der Waals surface area (Å²) < 4.78 is 34.6. The van der Waals surface area contributed by atoms with Gasteiger partial charge in [-0.1, -0.05) is 30.3 Å². The normalized spacial score (nSPS) is 25.8. The molecule has 1 aromatic carbocycles. The van der Waals surface area contributed by atoms with Crippen LogP contribution in [-0.4, -0.2) is 42.4 Å². The van der Waals surface area contributed by atoms with Crippen molar-refractivity contribution < 1.29 is 18.3 Å². The van der Waals surface area contributed by atoms with E-state index < -0.39 is 11.8 Å². The van der Waals surface area contributed by atoms with Crippen molar-refractivity contribution in [1.29, 1.82) is 0 Å². The van der Waals surface area contributed by atoms with Gasteiger partial charge >= 0.3 is 0 Å². The molecule has 24 heavy (non-hydrogen) atoms. The van der Waals surface area contributed by atoms with Gasteiger partial charge in [0, 0.05) is 25.3 Å². The largest absolute Gasteiger partial charge is 0.378 e. The number of nitrogens with zero attached hydrogens (tertiary/aromatic N) is 1. The molecule has 5 heteroatoms. The fourth-order valence-electron chi connectivity index (χ4n) is 3.57. The number of likely N-dealkylation sites (tertiary alicyclic amines) is 1. The number of hydrogen-bond donors (Lipinski definition) is 0. The Bertz CT molecular complexity index is 540. The number of carbonyl (C=O) groups is 1. The van der Waals surface area contributed by atoms with Crippen molar-refractivity contribution in [3.05, 3.63) is 35.9 Å². The number of ether oxygens (including phenoxy) is 1. The van der Waals surface area contributed by atoms with Gasteiger partial charge in [-0.05, 0) is 31.4 Å². The first-order chi connectivity index (χ1) is 11.5. The third-order valence-corrected chi connectivity index (χ3v) is 5.10. The summed E-state index contributed by atoms with van der Waals surface area (Å²) in [5.41, 5.74) is 1.06. The molecule has 2 fully saturated rings. The maximum Gasteiger partial charge on any atom is 0.265 e. The number of carbonyl (C=O) groups excluding carboxylic acids is 1. The van der Waals surface area contributed by atoms with E-state index in [0.717, 1.165) is 5.56 Å². The molecule has 0 bridgehead atoms. The van der Waals surface area contributed by atoms with Gasteiger partial charge in [-0.2, -0.15) is 0 Å². The van der Waals surface area contributed by atoms with E-state index in [9.17, 15) is 13.6 Å². The van der Waals surface area contributed by atoms with Crippen molar-refractivity contribution >= 4 is 5.78 Å². The van der Waals surface area contributed by atoms with Crippen molar-refractivity contribution in [2.24, 2.45) is 5.92 Å². The standard InChI is InChI=1S/C19H25F2NO2/c20-19(21)14-22(12-15-4-2-1-3-5-15)11-10-16(19)13-24-18-8-6-17(23)7-9-18/h1-5,16,18H,6-14H2. The van der Waals surface area contributed by atoms with Crippen LogP contribution in [0.15, 0.2) is 30.3 Å². The highest BCUT2D eigenvalue weighted by atomic mass is 19.3. The van der Waals surface area contributed by atoms with Crippen LogP contribution in [0.4, 0.5) is 8.78 Å². The van der Waals surface area contributed by atoms with Crippen LogP contribution in [0, 0.1) is 5.92 Å². The maximum atomic E-state index is 14.5. The van der Waals surface area contributed by atoms with E-state index in [1.54, 1.807) is 0 Å². The molecule has 1 aromatic rings. The molecule has 1 aliphatic carbocycles. The summed E-state index contributed by atoms with van der Waals surface area (Å²) in [7, 11) is 0. The quantitative estimate of drug-likeness (QED) is 0.821. The third kappa shape index (κ3) is 4.61. The van der Waals surface area contributed by atoms with Gasteiger partial charge in [0.1, 0.15) is 5.78 Å². The Hall–Kier alpha value is -1.33. The molecule has 1 aliphatic heterocycles. The summed E-state index contributed by atoms with van der Waals surface area (Å²) in [5, 5.41) is 0. The predicted octanol–water partition coefficient (Wildman–Crippen LogP) is 3.67. The summed E-state index contributed by atoms with van der Waals surface area (Å²) in [6.07, 6.45) is 2.83. The average molecular weight is 337 g/mol. The van der Waals surface area contributed by atoms with Gasteiger partial charge in [-0.15, -0.1) is 0 Å². The minimum Gasteiger partial charge on any atom is -0.378 e. The Morgan fingerprint density at radius 2 is 1.83 bits per heavy atom.